The van der Waals surface area contributed by atoms with Gasteiger partial charge in [-0.1, -0.05) is 24.3 Å². The maximum absolute atomic E-state index is 9.86. The summed E-state index contributed by atoms with van der Waals surface area (Å²) >= 11 is 0. The minimum Gasteiger partial charge on any atom is -0.476 e. The predicted octanol–water partition coefficient (Wildman–Crippen LogP) is 2.99. The van der Waals surface area contributed by atoms with Gasteiger partial charge in [0, 0.05) is 6.42 Å². The molecule has 0 spiro atoms. The third-order valence-electron chi connectivity index (χ3n) is 2.99. The number of aromatic hydroxyl groups is 1. The summed E-state index contributed by atoms with van der Waals surface area (Å²) in [6.45, 7) is 3.70. The van der Waals surface area contributed by atoms with E-state index in [2.05, 4.69) is 6.58 Å². The minimum absolute atomic E-state index is 0.0143. The van der Waals surface area contributed by atoms with Crippen LogP contribution in [0.25, 0.3) is 11.5 Å². The van der Waals surface area contributed by atoms with Crippen LogP contribution in [0.2, 0.25) is 0 Å². The van der Waals surface area contributed by atoms with Crippen molar-refractivity contribution in [1.29, 1.82) is 0 Å². The third-order valence-corrected chi connectivity index (χ3v) is 2.99. The van der Waals surface area contributed by atoms with Crippen LogP contribution in [0.1, 0.15) is 18.5 Å². The quantitative estimate of drug-likeness (QED) is 0.499. The number of rotatable bonds is 5. The first kappa shape index (κ1) is 12.4. The average Bonchev–Trinajstić information content (AvgIpc) is 2.68. The van der Waals surface area contributed by atoms with Crippen molar-refractivity contribution in [3.05, 3.63) is 48.7 Å². The van der Waals surface area contributed by atoms with E-state index in [0.29, 0.717) is 5.89 Å². The van der Waals surface area contributed by atoms with Crippen LogP contribution in [0.15, 0.2) is 47.4 Å². The van der Waals surface area contributed by atoms with E-state index < -0.39 is 0 Å². The van der Waals surface area contributed by atoms with Crippen molar-refractivity contribution >= 4 is 0 Å². The lowest BCUT2D eigenvalue weighted by atomic mass is 10.2. The summed E-state index contributed by atoms with van der Waals surface area (Å²) in [5.74, 6) is 0.696. The zero-order valence-electron chi connectivity index (χ0n) is 10.6. The standard InChI is InChI=1S/C15H17NO2/c1-3-4-6-11-13-15(17)18-14(16(13)2)12-9-7-5-8-10-12/h3,5,7-10H,1,4,6,11H2,2H3/p+1. The Morgan fingerprint density at radius 2 is 2.06 bits per heavy atom. The van der Waals surface area contributed by atoms with Crippen LogP contribution in [0.5, 0.6) is 5.95 Å². The molecule has 0 aliphatic heterocycles. The second-order valence-corrected chi connectivity index (χ2v) is 4.27. The predicted molar refractivity (Wildman–Crippen MR) is 70.1 cm³/mol. The highest BCUT2D eigenvalue weighted by molar-refractivity contribution is 5.50. The lowest BCUT2D eigenvalue weighted by Gasteiger charge is -1.94. The first-order chi connectivity index (χ1) is 8.74. The molecule has 0 radical (unpaired) electrons. The fraction of sp³-hybridized carbons (Fsp3) is 0.267. The molecule has 94 valence electrons. The SMILES string of the molecule is C=CCCCc1c(O)oc(-c2ccccc2)[n+]1C. The number of allylic oxidation sites excluding steroid dienone is 1. The van der Waals surface area contributed by atoms with Crippen molar-refractivity contribution in [2.24, 2.45) is 7.05 Å². The van der Waals surface area contributed by atoms with E-state index in [1.54, 1.807) is 0 Å². The summed E-state index contributed by atoms with van der Waals surface area (Å²) in [6.07, 6.45) is 4.56. The fourth-order valence-corrected chi connectivity index (χ4v) is 2.01. The molecule has 1 N–H and O–H groups in total. The molecule has 3 heteroatoms. The van der Waals surface area contributed by atoms with Crippen LogP contribution in [0.4, 0.5) is 0 Å². The summed E-state index contributed by atoms with van der Waals surface area (Å²) in [7, 11) is 1.91. The average molecular weight is 244 g/mol. The van der Waals surface area contributed by atoms with Crippen molar-refractivity contribution in [2.75, 3.05) is 0 Å². The summed E-state index contributed by atoms with van der Waals surface area (Å²) in [5.41, 5.74) is 1.79. The Hall–Kier alpha value is -2.03. The second-order valence-electron chi connectivity index (χ2n) is 4.27. The van der Waals surface area contributed by atoms with Gasteiger partial charge in [-0.3, -0.25) is 0 Å². The van der Waals surface area contributed by atoms with Crippen LogP contribution in [0.3, 0.4) is 0 Å². The van der Waals surface area contributed by atoms with Gasteiger partial charge in [0.2, 0.25) is 0 Å². The molecule has 0 aliphatic carbocycles. The van der Waals surface area contributed by atoms with Crippen LogP contribution < -0.4 is 4.57 Å². The monoisotopic (exact) mass is 244 g/mol. The van der Waals surface area contributed by atoms with E-state index in [9.17, 15) is 5.11 Å². The number of hydrogen-bond donors (Lipinski definition) is 1. The van der Waals surface area contributed by atoms with E-state index in [0.717, 1.165) is 30.5 Å². The molecular weight excluding hydrogens is 226 g/mol. The molecule has 0 atom stereocenters. The first-order valence-corrected chi connectivity index (χ1v) is 6.11. The number of benzene rings is 1. The summed E-state index contributed by atoms with van der Waals surface area (Å²) in [6, 6.07) is 9.79. The van der Waals surface area contributed by atoms with Gasteiger partial charge in [-0.25, -0.2) is 0 Å². The molecule has 1 heterocycles. The highest BCUT2D eigenvalue weighted by atomic mass is 16.5. The molecule has 0 saturated heterocycles. The van der Waals surface area contributed by atoms with Gasteiger partial charge < -0.3 is 9.52 Å². The minimum atomic E-state index is 0.0143. The van der Waals surface area contributed by atoms with Gasteiger partial charge in [0.15, 0.2) is 0 Å². The molecule has 0 unspecified atom stereocenters. The van der Waals surface area contributed by atoms with Crippen molar-refractivity contribution in [3.63, 3.8) is 0 Å². The Morgan fingerprint density at radius 1 is 1.33 bits per heavy atom. The fourth-order valence-electron chi connectivity index (χ4n) is 2.01. The highest BCUT2D eigenvalue weighted by Crippen LogP contribution is 2.25. The summed E-state index contributed by atoms with van der Waals surface area (Å²) < 4.78 is 7.37. The Labute approximate surface area is 107 Å². The van der Waals surface area contributed by atoms with Gasteiger partial charge in [-0.15, -0.1) is 6.58 Å². The smallest absolute Gasteiger partial charge is 0.383 e. The maximum atomic E-state index is 9.86. The van der Waals surface area contributed by atoms with Crippen LogP contribution in [-0.2, 0) is 13.5 Å². The molecule has 0 fully saturated rings. The van der Waals surface area contributed by atoms with E-state index >= 15 is 0 Å². The number of aromatic nitrogens is 1. The van der Waals surface area contributed by atoms with E-state index in [1.165, 1.54) is 0 Å². The van der Waals surface area contributed by atoms with Crippen molar-refractivity contribution in [3.8, 4) is 17.4 Å². The van der Waals surface area contributed by atoms with Gasteiger partial charge in [0.1, 0.15) is 7.05 Å². The third kappa shape index (κ3) is 2.45. The Kier molecular flexibility index (Phi) is 3.82. The van der Waals surface area contributed by atoms with Crippen LogP contribution in [-0.4, -0.2) is 5.11 Å². The molecule has 0 aliphatic rings. The van der Waals surface area contributed by atoms with Gasteiger partial charge in [-0.05, 0) is 25.0 Å². The van der Waals surface area contributed by atoms with Crippen molar-refractivity contribution < 1.29 is 14.1 Å². The van der Waals surface area contributed by atoms with Crippen molar-refractivity contribution in [1.82, 2.24) is 0 Å². The Morgan fingerprint density at radius 3 is 2.72 bits per heavy atom. The number of unbranched alkanes of at least 4 members (excludes halogenated alkanes) is 1. The van der Waals surface area contributed by atoms with Crippen molar-refractivity contribution in [2.45, 2.75) is 19.3 Å². The largest absolute Gasteiger partial charge is 0.476 e. The lowest BCUT2D eigenvalue weighted by molar-refractivity contribution is -0.670. The zero-order valence-corrected chi connectivity index (χ0v) is 10.6. The summed E-state index contributed by atoms with van der Waals surface area (Å²) in [5, 5.41) is 9.86. The van der Waals surface area contributed by atoms with Gasteiger partial charge >= 0.3 is 11.8 Å². The molecule has 18 heavy (non-hydrogen) atoms. The maximum Gasteiger partial charge on any atom is 0.383 e. The molecule has 0 bridgehead atoms. The van der Waals surface area contributed by atoms with E-state index in [4.69, 9.17) is 4.42 Å². The molecule has 0 saturated carbocycles. The molecule has 1 aromatic carbocycles. The lowest BCUT2D eigenvalue weighted by Crippen LogP contribution is -2.32. The number of nitrogens with zero attached hydrogens (tertiary/aromatic N) is 1. The van der Waals surface area contributed by atoms with E-state index in [1.807, 2.05) is 48.0 Å². The van der Waals surface area contributed by atoms with Gasteiger partial charge in [0.25, 0.3) is 5.69 Å². The number of oxazole rings is 1. The van der Waals surface area contributed by atoms with Crippen LogP contribution >= 0.6 is 0 Å². The molecule has 1 aromatic heterocycles. The van der Waals surface area contributed by atoms with Gasteiger partial charge in [-0.2, -0.15) is 4.57 Å². The van der Waals surface area contributed by atoms with Crippen LogP contribution in [0, 0.1) is 0 Å². The molecule has 2 rings (SSSR count). The first-order valence-electron chi connectivity index (χ1n) is 6.11. The molecule has 0 amide bonds. The topological polar surface area (TPSA) is 37.3 Å². The number of hydrogen-bond acceptors (Lipinski definition) is 2. The highest BCUT2D eigenvalue weighted by Gasteiger charge is 2.25. The Balaban J connectivity index is 2.29. The Bertz CT molecular complexity index is 529. The molecule has 3 nitrogen and oxygen atoms in total. The second kappa shape index (κ2) is 5.54. The van der Waals surface area contributed by atoms with E-state index in [-0.39, 0.29) is 5.95 Å². The van der Waals surface area contributed by atoms with Gasteiger partial charge in [0.05, 0.1) is 5.56 Å². The summed E-state index contributed by atoms with van der Waals surface area (Å²) in [4.78, 5) is 0. The molecular formula is C15H18NO2+. The zero-order chi connectivity index (χ0) is 13.0. The normalized spacial score (nSPS) is 10.5. The molecule has 2 aromatic rings.